The highest BCUT2D eigenvalue weighted by atomic mass is 79.9. The third-order valence-corrected chi connectivity index (χ3v) is 4.14. The summed E-state index contributed by atoms with van der Waals surface area (Å²) in [5, 5.41) is 0. The maximum absolute atomic E-state index is 12.0. The third-order valence-electron chi connectivity index (χ3n) is 3.45. The number of hydrogen-bond donors (Lipinski definition) is 2. The van der Waals surface area contributed by atoms with E-state index in [0.717, 1.165) is 0 Å². The van der Waals surface area contributed by atoms with Crippen LogP contribution >= 0.6 is 15.9 Å². The number of carbonyl (C=O) groups is 3. The first kappa shape index (κ1) is 15.5. The van der Waals surface area contributed by atoms with Crippen LogP contribution in [0.1, 0.15) is 23.2 Å². The van der Waals surface area contributed by atoms with E-state index in [2.05, 4.69) is 26.8 Å². The average molecular weight is 354 g/mol. The Kier molecular flexibility index (Phi) is 4.95. The molecule has 0 aromatic heterocycles. The summed E-state index contributed by atoms with van der Waals surface area (Å²) in [5.74, 6) is -1.20. The SMILES string of the molecule is CN1CC[C@H](C(=O)NNC(=O)c2ccccc2Br)CC1=O. The summed E-state index contributed by atoms with van der Waals surface area (Å²) >= 11 is 3.27. The molecule has 0 saturated carbocycles. The molecule has 1 aromatic carbocycles. The number of benzene rings is 1. The van der Waals surface area contributed by atoms with E-state index in [1.807, 2.05) is 0 Å². The van der Waals surface area contributed by atoms with Crippen LogP contribution in [0, 0.1) is 5.92 Å². The smallest absolute Gasteiger partial charge is 0.270 e. The van der Waals surface area contributed by atoms with Gasteiger partial charge < -0.3 is 4.90 Å². The predicted molar refractivity (Wildman–Crippen MR) is 80.1 cm³/mol. The van der Waals surface area contributed by atoms with Crippen molar-refractivity contribution in [2.45, 2.75) is 12.8 Å². The molecule has 1 aliphatic rings. The molecule has 6 nitrogen and oxygen atoms in total. The number of piperidine rings is 1. The molecule has 1 saturated heterocycles. The Balaban J connectivity index is 1.88. The fraction of sp³-hybridized carbons (Fsp3) is 0.357. The standard InChI is InChI=1S/C14H16BrN3O3/c1-18-7-6-9(8-12(18)19)13(20)16-17-14(21)10-4-2-3-5-11(10)15/h2-5,9H,6-8H2,1H3,(H,16,20)(H,17,21)/t9-/m0/s1. The van der Waals surface area contributed by atoms with Gasteiger partial charge in [-0.1, -0.05) is 12.1 Å². The molecule has 2 rings (SSSR count). The Morgan fingerprint density at radius 3 is 2.67 bits per heavy atom. The minimum atomic E-state index is -0.407. The largest absolute Gasteiger partial charge is 0.346 e. The van der Waals surface area contributed by atoms with E-state index < -0.39 is 11.8 Å². The minimum Gasteiger partial charge on any atom is -0.346 e. The van der Waals surface area contributed by atoms with Crippen molar-refractivity contribution in [3.63, 3.8) is 0 Å². The summed E-state index contributed by atoms with van der Waals surface area (Å²) in [6, 6.07) is 6.91. The second kappa shape index (κ2) is 6.71. The van der Waals surface area contributed by atoms with Crippen molar-refractivity contribution in [2.75, 3.05) is 13.6 Å². The first-order valence-electron chi connectivity index (χ1n) is 6.57. The summed E-state index contributed by atoms with van der Waals surface area (Å²) in [6.45, 7) is 0.551. The Bertz CT molecular complexity index is 576. The number of rotatable bonds is 2. The van der Waals surface area contributed by atoms with Crippen molar-refractivity contribution in [1.82, 2.24) is 15.8 Å². The second-order valence-electron chi connectivity index (χ2n) is 4.93. The molecule has 0 bridgehead atoms. The van der Waals surface area contributed by atoms with Gasteiger partial charge in [-0.3, -0.25) is 25.2 Å². The van der Waals surface area contributed by atoms with Gasteiger partial charge in [0.05, 0.1) is 11.5 Å². The molecule has 1 heterocycles. The van der Waals surface area contributed by atoms with Crippen LogP contribution in [0.2, 0.25) is 0 Å². The van der Waals surface area contributed by atoms with Crippen molar-refractivity contribution < 1.29 is 14.4 Å². The number of carbonyl (C=O) groups excluding carboxylic acids is 3. The first-order chi connectivity index (χ1) is 9.99. The van der Waals surface area contributed by atoms with Crippen LogP contribution in [0.4, 0.5) is 0 Å². The number of hydrogen-bond acceptors (Lipinski definition) is 3. The summed E-state index contributed by atoms with van der Waals surface area (Å²) in [7, 11) is 1.71. The zero-order valence-corrected chi connectivity index (χ0v) is 13.1. The van der Waals surface area contributed by atoms with Crippen LogP contribution in [0.25, 0.3) is 0 Å². The summed E-state index contributed by atoms with van der Waals surface area (Å²) in [4.78, 5) is 37.1. The molecule has 0 aliphatic carbocycles. The molecular weight excluding hydrogens is 338 g/mol. The van der Waals surface area contributed by atoms with Crippen molar-refractivity contribution in [1.29, 1.82) is 0 Å². The highest BCUT2D eigenvalue weighted by Gasteiger charge is 2.28. The van der Waals surface area contributed by atoms with Crippen LogP contribution < -0.4 is 10.9 Å². The summed E-state index contributed by atoms with van der Waals surface area (Å²) in [5.41, 5.74) is 5.18. The van der Waals surface area contributed by atoms with Crippen molar-refractivity contribution in [3.05, 3.63) is 34.3 Å². The number of nitrogens with one attached hydrogen (secondary N) is 2. The molecule has 21 heavy (non-hydrogen) atoms. The molecule has 2 N–H and O–H groups in total. The maximum atomic E-state index is 12.0. The Labute approximate surface area is 131 Å². The zero-order chi connectivity index (χ0) is 15.4. The molecule has 1 fully saturated rings. The van der Waals surface area contributed by atoms with Gasteiger partial charge in [-0.05, 0) is 34.5 Å². The van der Waals surface area contributed by atoms with E-state index in [4.69, 9.17) is 0 Å². The van der Waals surface area contributed by atoms with Crippen molar-refractivity contribution in [3.8, 4) is 0 Å². The third kappa shape index (κ3) is 3.81. The lowest BCUT2D eigenvalue weighted by Gasteiger charge is -2.27. The highest BCUT2D eigenvalue weighted by Crippen LogP contribution is 2.17. The molecule has 0 radical (unpaired) electrons. The van der Waals surface area contributed by atoms with Gasteiger partial charge in [0.15, 0.2) is 0 Å². The monoisotopic (exact) mass is 353 g/mol. The quantitative estimate of drug-likeness (QED) is 0.781. The lowest BCUT2D eigenvalue weighted by molar-refractivity contribution is -0.139. The van der Waals surface area contributed by atoms with Crippen molar-refractivity contribution in [2.24, 2.45) is 5.92 Å². The second-order valence-corrected chi connectivity index (χ2v) is 5.78. The van der Waals surface area contributed by atoms with Gasteiger partial charge in [0.1, 0.15) is 0 Å². The fourth-order valence-corrected chi connectivity index (χ4v) is 2.56. The van der Waals surface area contributed by atoms with Gasteiger partial charge in [0.25, 0.3) is 5.91 Å². The number of halogens is 1. The van der Waals surface area contributed by atoms with Crippen LogP contribution in [-0.2, 0) is 9.59 Å². The average Bonchev–Trinajstić information content (AvgIpc) is 2.47. The Hall–Kier alpha value is -1.89. The van der Waals surface area contributed by atoms with Crippen LogP contribution in [-0.4, -0.2) is 36.2 Å². The summed E-state index contributed by atoms with van der Waals surface area (Å²) in [6.07, 6.45) is 0.770. The van der Waals surface area contributed by atoms with E-state index in [1.54, 1.807) is 36.2 Å². The van der Waals surface area contributed by atoms with Gasteiger partial charge >= 0.3 is 0 Å². The molecule has 1 aromatic rings. The van der Waals surface area contributed by atoms with Crippen molar-refractivity contribution >= 4 is 33.7 Å². The van der Waals surface area contributed by atoms with E-state index in [1.165, 1.54) is 0 Å². The molecule has 112 valence electrons. The molecule has 1 atom stereocenters. The summed E-state index contributed by atoms with van der Waals surface area (Å²) < 4.78 is 0.645. The normalized spacial score (nSPS) is 18.3. The lowest BCUT2D eigenvalue weighted by atomic mass is 9.96. The van der Waals surface area contributed by atoms with Gasteiger partial charge in [-0.25, -0.2) is 0 Å². The van der Waals surface area contributed by atoms with Gasteiger partial charge in [-0.2, -0.15) is 0 Å². The highest BCUT2D eigenvalue weighted by molar-refractivity contribution is 9.10. The Morgan fingerprint density at radius 2 is 2.00 bits per heavy atom. The molecule has 7 heteroatoms. The van der Waals surface area contributed by atoms with E-state index in [9.17, 15) is 14.4 Å². The number of hydrazine groups is 1. The molecular formula is C14H16BrN3O3. The topological polar surface area (TPSA) is 78.5 Å². The zero-order valence-electron chi connectivity index (χ0n) is 11.6. The number of nitrogens with zero attached hydrogens (tertiary/aromatic N) is 1. The van der Waals surface area contributed by atoms with Crippen LogP contribution in [0.3, 0.4) is 0 Å². The van der Waals surface area contributed by atoms with Gasteiger partial charge in [0, 0.05) is 24.5 Å². The Morgan fingerprint density at radius 1 is 1.29 bits per heavy atom. The van der Waals surface area contributed by atoms with Crippen LogP contribution in [0.15, 0.2) is 28.7 Å². The minimum absolute atomic E-state index is 0.0569. The van der Waals surface area contributed by atoms with Crippen LogP contribution in [0.5, 0.6) is 0 Å². The van der Waals surface area contributed by atoms with Gasteiger partial charge in [-0.15, -0.1) is 0 Å². The molecule has 0 spiro atoms. The molecule has 0 unspecified atom stereocenters. The first-order valence-corrected chi connectivity index (χ1v) is 7.37. The maximum Gasteiger partial charge on any atom is 0.270 e. The fourth-order valence-electron chi connectivity index (χ4n) is 2.10. The molecule has 1 aliphatic heterocycles. The lowest BCUT2D eigenvalue weighted by Crippen LogP contribution is -2.48. The number of likely N-dealkylation sites (tertiary alicyclic amines) is 1. The van der Waals surface area contributed by atoms with E-state index in [0.29, 0.717) is 23.0 Å². The van der Waals surface area contributed by atoms with E-state index >= 15 is 0 Å². The van der Waals surface area contributed by atoms with Gasteiger partial charge in [0.2, 0.25) is 11.8 Å². The van der Waals surface area contributed by atoms with E-state index in [-0.39, 0.29) is 18.2 Å². The predicted octanol–water partition coefficient (Wildman–Crippen LogP) is 1.08. The number of amides is 3. The molecule has 3 amide bonds.